The fourth-order valence-electron chi connectivity index (χ4n) is 3.60. The Bertz CT molecular complexity index is 945. The Morgan fingerprint density at radius 2 is 2.00 bits per heavy atom. The maximum atomic E-state index is 13.1. The van der Waals surface area contributed by atoms with Gasteiger partial charge in [-0.25, -0.2) is 0 Å². The van der Waals surface area contributed by atoms with Crippen LogP contribution >= 0.6 is 11.6 Å². The van der Waals surface area contributed by atoms with Crippen LogP contribution in [0, 0.1) is 6.92 Å². The van der Waals surface area contributed by atoms with Crippen molar-refractivity contribution < 1.29 is 14.3 Å². The Hall–Kier alpha value is -2.46. The third-order valence-corrected chi connectivity index (χ3v) is 5.20. The summed E-state index contributed by atoms with van der Waals surface area (Å²) in [6.45, 7) is 2.58. The number of para-hydroxylation sites is 1. The Morgan fingerprint density at radius 1 is 1.24 bits per heavy atom. The molecule has 5 heteroatoms. The van der Waals surface area contributed by atoms with Gasteiger partial charge in [0.25, 0.3) is 5.91 Å². The molecule has 1 aromatic heterocycles. The van der Waals surface area contributed by atoms with Crippen molar-refractivity contribution in [1.82, 2.24) is 4.90 Å². The van der Waals surface area contributed by atoms with Crippen LogP contribution in [0.1, 0.15) is 40.6 Å². The SMILES string of the molecule is Cc1c(C(=O)N2CCC[C@@H]2c2ccc(O)cc2)oc2c(Cl)cccc12. The maximum Gasteiger partial charge on any atom is 0.290 e. The van der Waals surface area contributed by atoms with Gasteiger partial charge in [0.1, 0.15) is 5.75 Å². The van der Waals surface area contributed by atoms with E-state index in [-0.39, 0.29) is 17.7 Å². The zero-order valence-corrected chi connectivity index (χ0v) is 14.6. The number of aryl methyl sites for hydroxylation is 1. The molecule has 0 bridgehead atoms. The van der Waals surface area contributed by atoms with E-state index in [0.717, 1.165) is 29.4 Å². The van der Waals surface area contributed by atoms with Crippen molar-refractivity contribution in [2.75, 3.05) is 6.54 Å². The summed E-state index contributed by atoms with van der Waals surface area (Å²) in [5.41, 5.74) is 2.40. The number of hydrogen-bond donors (Lipinski definition) is 1. The highest BCUT2D eigenvalue weighted by Gasteiger charge is 2.33. The highest BCUT2D eigenvalue weighted by atomic mass is 35.5. The molecule has 2 heterocycles. The fourth-order valence-corrected chi connectivity index (χ4v) is 3.81. The number of likely N-dealkylation sites (tertiary alicyclic amines) is 1. The number of amides is 1. The number of carbonyl (C=O) groups excluding carboxylic acids is 1. The Morgan fingerprint density at radius 3 is 2.72 bits per heavy atom. The number of benzene rings is 2. The maximum absolute atomic E-state index is 13.1. The number of halogens is 1. The minimum atomic E-state index is -0.111. The second kappa shape index (κ2) is 6.12. The van der Waals surface area contributed by atoms with E-state index in [2.05, 4.69) is 0 Å². The van der Waals surface area contributed by atoms with Crippen molar-refractivity contribution in [3.8, 4) is 5.75 Å². The third-order valence-electron chi connectivity index (χ3n) is 4.90. The molecule has 1 aliphatic rings. The molecule has 1 fully saturated rings. The molecule has 0 aliphatic carbocycles. The summed E-state index contributed by atoms with van der Waals surface area (Å²) in [6, 6.07) is 12.6. The first-order chi connectivity index (χ1) is 12.1. The van der Waals surface area contributed by atoms with Gasteiger partial charge in [-0.05, 0) is 43.5 Å². The van der Waals surface area contributed by atoms with E-state index in [1.54, 1.807) is 18.2 Å². The van der Waals surface area contributed by atoms with Crippen LogP contribution in [-0.2, 0) is 0 Å². The number of rotatable bonds is 2. The van der Waals surface area contributed by atoms with Crippen molar-refractivity contribution in [3.63, 3.8) is 0 Å². The molecule has 0 saturated carbocycles. The predicted octanol–water partition coefficient (Wildman–Crippen LogP) is 5.08. The molecule has 4 rings (SSSR count). The predicted molar refractivity (Wildman–Crippen MR) is 97.1 cm³/mol. The smallest absolute Gasteiger partial charge is 0.290 e. The molecule has 25 heavy (non-hydrogen) atoms. The van der Waals surface area contributed by atoms with Crippen molar-refractivity contribution >= 4 is 28.5 Å². The molecule has 3 aromatic rings. The first-order valence-electron chi connectivity index (χ1n) is 8.34. The van der Waals surface area contributed by atoms with E-state index < -0.39 is 0 Å². The molecule has 1 saturated heterocycles. The Labute approximate surface area is 150 Å². The van der Waals surface area contributed by atoms with Gasteiger partial charge in [0.2, 0.25) is 0 Å². The second-order valence-electron chi connectivity index (χ2n) is 6.42. The van der Waals surface area contributed by atoms with Gasteiger partial charge in [-0.15, -0.1) is 0 Å². The normalized spacial score (nSPS) is 17.4. The Balaban J connectivity index is 1.71. The molecular weight excluding hydrogens is 338 g/mol. The summed E-state index contributed by atoms with van der Waals surface area (Å²) in [5, 5.41) is 10.9. The molecule has 1 atom stereocenters. The zero-order valence-electron chi connectivity index (χ0n) is 13.8. The van der Waals surface area contributed by atoms with E-state index in [1.165, 1.54) is 0 Å². The van der Waals surface area contributed by atoms with Crippen molar-refractivity contribution in [1.29, 1.82) is 0 Å². The molecule has 1 N–H and O–H groups in total. The van der Waals surface area contributed by atoms with Crippen molar-refractivity contribution in [3.05, 3.63) is 64.4 Å². The molecule has 0 spiro atoms. The lowest BCUT2D eigenvalue weighted by Crippen LogP contribution is -2.30. The van der Waals surface area contributed by atoms with Gasteiger partial charge >= 0.3 is 0 Å². The number of fused-ring (bicyclic) bond motifs is 1. The standard InChI is InChI=1S/C20H18ClNO3/c1-12-15-4-2-5-16(21)19(15)25-18(12)20(24)22-11-3-6-17(22)13-7-9-14(23)10-8-13/h2,4-5,7-10,17,23H,3,6,11H2,1H3/t17-/m1/s1. The summed E-state index contributed by atoms with van der Waals surface area (Å²) < 4.78 is 5.84. The minimum absolute atomic E-state index is 0.00353. The van der Waals surface area contributed by atoms with Gasteiger partial charge in [-0.1, -0.05) is 35.9 Å². The highest BCUT2D eigenvalue weighted by Crippen LogP contribution is 2.36. The summed E-state index contributed by atoms with van der Waals surface area (Å²) in [5.74, 6) is 0.469. The number of phenolic OH excluding ortho intramolecular Hbond substituents is 1. The van der Waals surface area contributed by atoms with Crippen molar-refractivity contribution in [2.45, 2.75) is 25.8 Å². The van der Waals surface area contributed by atoms with Crippen molar-refractivity contribution in [2.24, 2.45) is 0 Å². The molecular formula is C20H18ClNO3. The van der Waals surface area contributed by atoms with Crippen LogP contribution in [-0.4, -0.2) is 22.5 Å². The number of phenols is 1. The number of carbonyl (C=O) groups is 1. The van der Waals surface area contributed by atoms with Gasteiger partial charge in [0, 0.05) is 17.5 Å². The monoisotopic (exact) mass is 355 g/mol. The summed E-state index contributed by atoms with van der Waals surface area (Å²) >= 11 is 6.20. The molecule has 2 aromatic carbocycles. The van der Waals surface area contributed by atoms with Gasteiger partial charge in [-0.2, -0.15) is 0 Å². The molecule has 128 valence electrons. The average Bonchev–Trinajstić information content (AvgIpc) is 3.22. The lowest BCUT2D eigenvalue weighted by Gasteiger charge is -2.24. The van der Waals surface area contributed by atoms with Crippen LogP contribution in [0.3, 0.4) is 0 Å². The van der Waals surface area contributed by atoms with Crippen LogP contribution in [0.4, 0.5) is 0 Å². The average molecular weight is 356 g/mol. The molecule has 0 radical (unpaired) electrons. The van der Waals surface area contributed by atoms with E-state index >= 15 is 0 Å². The van der Waals surface area contributed by atoms with Crippen LogP contribution in [0.5, 0.6) is 5.75 Å². The van der Waals surface area contributed by atoms with E-state index in [0.29, 0.717) is 22.9 Å². The number of aromatic hydroxyl groups is 1. The van der Waals surface area contributed by atoms with Gasteiger partial charge < -0.3 is 14.4 Å². The van der Waals surface area contributed by atoms with Gasteiger partial charge in [-0.3, -0.25) is 4.79 Å². The topological polar surface area (TPSA) is 53.7 Å². The quantitative estimate of drug-likeness (QED) is 0.697. The lowest BCUT2D eigenvalue weighted by molar-refractivity contribution is 0.0704. The summed E-state index contributed by atoms with van der Waals surface area (Å²) in [6.07, 6.45) is 1.84. The fraction of sp³-hybridized carbons (Fsp3) is 0.250. The van der Waals surface area contributed by atoms with E-state index in [9.17, 15) is 9.90 Å². The van der Waals surface area contributed by atoms with Crippen LogP contribution in [0.15, 0.2) is 46.9 Å². The largest absolute Gasteiger partial charge is 0.508 e. The first-order valence-corrected chi connectivity index (χ1v) is 8.71. The van der Waals surface area contributed by atoms with E-state index in [4.69, 9.17) is 16.0 Å². The number of hydrogen-bond acceptors (Lipinski definition) is 3. The van der Waals surface area contributed by atoms with Crippen LogP contribution in [0.2, 0.25) is 5.02 Å². The van der Waals surface area contributed by atoms with Crippen LogP contribution in [0.25, 0.3) is 11.0 Å². The molecule has 1 amide bonds. The lowest BCUT2D eigenvalue weighted by atomic mass is 10.0. The molecule has 0 unspecified atom stereocenters. The third kappa shape index (κ3) is 2.67. The minimum Gasteiger partial charge on any atom is -0.508 e. The van der Waals surface area contributed by atoms with Crippen LogP contribution < -0.4 is 0 Å². The Kier molecular flexibility index (Phi) is 3.92. The van der Waals surface area contributed by atoms with Gasteiger partial charge in [0.15, 0.2) is 11.3 Å². The van der Waals surface area contributed by atoms with Gasteiger partial charge in [0.05, 0.1) is 11.1 Å². The summed E-state index contributed by atoms with van der Waals surface area (Å²) in [4.78, 5) is 15.0. The van der Waals surface area contributed by atoms with E-state index in [1.807, 2.05) is 36.1 Å². The summed E-state index contributed by atoms with van der Waals surface area (Å²) in [7, 11) is 0. The first kappa shape index (κ1) is 16.0. The highest BCUT2D eigenvalue weighted by molar-refractivity contribution is 6.35. The molecule has 4 nitrogen and oxygen atoms in total. The number of furan rings is 1. The molecule has 1 aliphatic heterocycles. The zero-order chi connectivity index (χ0) is 17.6. The number of nitrogens with zero attached hydrogens (tertiary/aromatic N) is 1. The second-order valence-corrected chi connectivity index (χ2v) is 6.83.